The summed E-state index contributed by atoms with van der Waals surface area (Å²) in [5.41, 5.74) is 5.81. The molecule has 0 bridgehead atoms. The van der Waals surface area contributed by atoms with Gasteiger partial charge in [-0.1, -0.05) is 6.07 Å². The largest absolute Gasteiger partial charge is 0.496 e. The number of carbonyl (C=O) groups is 1. The Morgan fingerprint density at radius 3 is 1.96 bits per heavy atom. The average molecular weight is 376 g/mol. The van der Waals surface area contributed by atoms with Crippen molar-refractivity contribution in [1.29, 1.82) is 0 Å². The van der Waals surface area contributed by atoms with Gasteiger partial charge >= 0.3 is 0 Å². The SMILES string of the molecule is COc1ccc(-c2ccc(NC(C)=O)nc2-c2ccc(OC)c(C)c2)cc1C. The van der Waals surface area contributed by atoms with Crippen LogP contribution in [0.15, 0.2) is 48.5 Å². The van der Waals surface area contributed by atoms with E-state index in [9.17, 15) is 4.79 Å². The lowest BCUT2D eigenvalue weighted by Gasteiger charge is -2.14. The number of ether oxygens (including phenoxy) is 2. The van der Waals surface area contributed by atoms with Gasteiger partial charge in [0.15, 0.2) is 0 Å². The summed E-state index contributed by atoms with van der Waals surface area (Å²) < 4.78 is 10.8. The van der Waals surface area contributed by atoms with Gasteiger partial charge in [0.25, 0.3) is 0 Å². The third-order valence-electron chi connectivity index (χ3n) is 4.57. The third-order valence-corrected chi connectivity index (χ3v) is 4.57. The quantitative estimate of drug-likeness (QED) is 0.680. The van der Waals surface area contributed by atoms with E-state index in [1.165, 1.54) is 6.92 Å². The fourth-order valence-electron chi connectivity index (χ4n) is 3.23. The van der Waals surface area contributed by atoms with Crippen molar-refractivity contribution < 1.29 is 14.3 Å². The Labute approximate surface area is 165 Å². The summed E-state index contributed by atoms with van der Waals surface area (Å²) in [6.07, 6.45) is 0. The van der Waals surface area contributed by atoms with Gasteiger partial charge in [0.05, 0.1) is 19.9 Å². The average Bonchev–Trinajstić information content (AvgIpc) is 2.67. The molecule has 0 unspecified atom stereocenters. The van der Waals surface area contributed by atoms with Crippen LogP contribution in [0.1, 0.15) is 18.1 Å². The first-order valence-corrected chi connectivity index (χ1v) is 9.01. The van der Waals surface area contributed by atoms with Crippen LogP contribution in [-0.2, 0) is 4.79 Å². The zero-order valence-corrected chi connectivity index (χ0v) is 16.8. The number of aromatic nitrogens is 1. The highest BCUT2D eigenvalue weighted by Crippen LogP contribution is 2.35. The Bertz CT molecular complexity index is 1030. The Kier molecular flexibility index (Phi) is 5.64. The zero-order chi connectivity index (χ0) is 20.3. The Hall–Kier alpha value is -3.34. The summed E-state index contributed by atoms with van der Waals surface area (Å²) in [4.78, 5) is 16.2. The predicted octanol–water partition coefficient (Wildman–Crippen LogP) is 5.01. The van der Waals surface area contributed by atoms with Crippen LogP contribution in [-0.4, -0.2) is 25.1 Å². The minimum Gasteiger partial charge on any atom is -0.496 e. The lowest BCUT2D eigenvalue weighted by atomic mass is 9.96. The van der Waals surface area contributed by atoms with Crippen molar-refractivity contribution >= 4 is 11.7 Å². The van der Waals surface area contributed by atoms with Crippen LogP contribution >= 0.6 is 0 Å². The van der Waals surface area contributed by atoms with Gasteiger partial charge in [0.1, 0.15) is 17.3 Å². The Balaban J connectivity index is 2.18. The maximum atomic E-state index is 11.5. The van der Waals surface area contributed by atoms with E-state index in [0.29, 0.717) is 5.82 Å². The highest BCUT2D eigenvalue weighted by molar-refractivity contribution is 5.89. The highest BCUT2D eigenvalue weighted by Gasteiger charge is 2.14. The molecule has 28 heavy (non-hydrogen) atoms. The molecule has 5 nitrogen and oxygen atoms in total. The summed E-state index contributed by atoms with van der Waals surface area (Å²) >= 11 is 0. The molecule has 0 fully saturated rings. The predicted molar refractivity (Wildman–Crippen MR) is 112 cm³/mol. The van der Waals surface area contributed by atoms with Crippen LogP contribution in [0.2, 0.25) is 0 Å². The van der Waals surface area contributed by atoms with Gasteiger partial charge in [-0.2, -0.15) is 0 Å². The number of hydrogen-bond donors (Lipinski definition) is 1. The van der Waals surface area contributed by atoms with Gasteiger partial charge in [0, 0.05) is 18.1 Å². The van der Waals surface area contributed by atoms with E-state index in [2.05, 4.69) is 11.4 Å². The monoisotopic (exact) mass is 376 g/mol. The summed E-state index contributed by atoms with van der Waals surface area (Å²) in [6.45, 7) is 5.48. The van der Waals surface area contributed by atoms with Crippen molar-refractivity contribution in [2.24, 2.45) is 0 Å². The Morgan fingerprint density at radius 1 is 0.857 bits per heavy atom. The van der Waals surface area contributed by atoms with Gasteiger partial charge in [0.2, 0.25) is 5.91 Å². The number of benzene rings is 2. The fourth-order valence-corrected chi connectivity index (χ4v) is 3.23. The number of nitrogens with zero attached hydrogens (tertiary/aromatic N) is 1. The normalized spacial score (nSPS) is 10.5. The van der Waals surface area contributed by atoms with Gasteiger partial charge in [-0.05, 0) is 73.0 Å². The molecule has 1 aromatic heterocycles. The van der Waals surface area contributed by atoms with E-state index < -0.39 is 0 Å². The second-order valence-electron chi connectivity index (χ2n) is 6.64. The number of methoxy groups -OCH3 is 2. The van der Waals surface area contributed by atoms with E-state index >= 15 is 0 Å². The van der Waals surface area contributed by atoms with E-state index in [1.54, 1.807) is 14.2 Å². The summed E-state index contributed by atoms with van der Waals surface area (Å²) in [5, 5.41) is 2.77. The van der Waals surface area contributed by atoms with E-state index in [0.717, 1.165) is 45.0 Å². The Morgan fingerprint density at radius 2 is 1.43 bits per heavy atom. The summed E-state index contributed by atoms with van der Waals surface area (Å²) in [7, 11) is 3.32. The van der Waals surface area contributed by atoms with Crippen LogP contribution in [0.4, 0.5) is 5.82 Å². The molecule has 2 aromatic carbocycles. The molecule has 144 valence electrons. The molecule has 1 N–H and O–H groups in total. The highest BCUT2D eigenvalue weighted by atomic mass is 16.5. The molecular formula is C23H24N2O3. The molecule has 0 saturated carbocycles. The maximum absolute atomic E-state index is 11.5. The lowest BCUT2D eigenvalue weighted by Crippen LogP contribution is -2.08. The molecular weight excluding hydrogens is 352 g/mol. The number of rotatable bonds is 5. The minimum absolute atomic E-state index is 0.155. The number of amides is 1. The molecule has 0 aliphatic rings. The first-order valence-electron chi connectivity index (χ1n) is 9.01. The summed E-state index contributed by atoms with van der Waals surface area (Å²) in [6, 6.07) is 15.8. The number of carbonyl (C=O) groups excluding carboxylic acids is 1. The van der Waals surface area contributed by atoms with Crippen molar-refractivity contribution in [2.45, 2.75) is 20.8 Å². The molecule has 0 aliphatic heterocycles. The van der Waals surface area contributed by atoms with Crippen molar-refractivity contribution in [3.05, 3.63) is 59.7 Å². The topological polar surface area (TPSA) is 60.5 Å². The molecule has 5 heteroatoms. The van der Waals surface area contributed by atoms with Gasteiger partial charge < -0.3 is 14.8 Å². The minimum atomic E-state index is -0.155. The van der Waals surface area contributed by atoms with Crippen LogP contribution in [0, 0.1) is 13.8 Å². The smallest absolute Gasteiger partial charge is 0.222 e. The van der Waals surface area contributed by atoms with Crippen molar-refractivity contribution in [1.82, 2.24) is 4.98 Å². The molecule has 1 amide bonds. The van der Waals surface area contributed by atoms with Crippen LogP contribution in [0.5, 0.6) is 11.5 Å². The summed E-state index contributed by atoms with van der Waals surface area (Å²) in [5.74, 6) is 2.03. The second-order valence-corrected chi connectivity index (χ2v) is 6.64. The number of anilines is 1. The van der Waals surface area contributed by atoms with Gasteiger partial charge in [-0.25, -0.2) is 4.98 Å². The maximum Gasteiger partial charge on any atom is 0.222 e. The molecule has 0 saturated heterocycles. The van der Waals surface area contributed by atoms with E-state index in [-0.39, 0.29) is 5.91 Å². The molecule has 0 spiro atoms. The first-order chi connectivity index (χ1) is 13.4. The molecule has 0 radical (unpaired) electrons. The van der Waals surface area contributed by atoms with Crippen molar-refractivity contribution in [3.8, 4) is 33.9 Å². The van der Waals surface area contributed by atoms with Crippen LogP contribution < -0.4 is 14.8 Å². The van der Waals surface area contributed by atoms with E-state index in [1.807, 2.05) is 56.3 Å². The van der Waals surface area contributed by atoms with Crippen LogP contribution in [0.25, 0.3) is 22.4 Å². The third kappa shape index (κ3) is 3.98. The molecule has 3 rings (SSSR count). The lowest BCUT2D eigenvalue weighted by molar-refractivity contribution is -0.114. The standard InChI is InChI=1S/C23H24N2O3/c1-14-12-17(6-9-20(14)27-4)19-8-11-22(24-16(3)26)25-23(19)18-7-10-21(28-5)15(2)13-18/h6-13H,1-5H3,(H,24,25,26). The molecule has 3 aromatic rings. The zero-order valence-electron chi connectivity index (χ0n) is 16.8. The molecule has 0 atom stereocenters. The van der Waals surface area contributed by atoms with E-state index in [4.69, 9.17) is 14.5 Å². The molecule has 1 heterocycles. The van der Waals surface area contributed by atoms with Crippen molar-refractivity contribution in [2.75, 3.05) is 19.5 Å². The molecule has 0 aliphatic carbocycles. The van der Waals surface area contributed by atoms with Crippen molar-refractivity contribution in [3.63, 3.8) is 0 Å². The number of nitrogens with one attached hydrogen (secondary N) is 1. The second kappa shape index (κ2) is 8.13. The number of hydrogen-bond acceptors (Lipinski definition) is 4. The number of pyridine rings is 1. The van der Waals surface area contributed by atoms with Gasteiger partial charge in [-0.15, -0.1) is 0 Å². The fraction of sp³-hybridized carbons (Fsp3) is 0.217. The first kappa shape index (κ1) is 19.4. The van der Waals surface area contributed by atoms with Crippen LogP contribution in [0.3, 0.4) is 0 Å². The van der Waals surface area contributed by atoms with Gasteiger partial charge in [-0.3, -0.25) is 4.79 Å². The number of aryl methyl sites for hydroxylation is 2.